The molecule has 3 rings (SSSR count). The number of para-hydroxylation sites is 1. The van der Waals surface area contributed by atoms with Crippen LogP contribution in [0.5, 0.6) is 0 Å². The van der Waals surface area contributed by atoms with Crippen molar-refractivity contribution >= 4 is 30.3 Å². The van der Waals surface area contributed by atoms with Crippen LogP contribution in [-0.2, 0) is 0 Å². The fourth-order valence-corrected chi connectivity index (χ4v) is 4.12. The number of fused-ring (bicyclic) bond motifs is 1. The van der Waals surface area contributed by atoms with E-state index in [0.717, 1.165) is 4.26 Å². The Morgan fingerprint density at radius 1 is 1.05 bits per heavy atom. The average molecular weight is 318 g/mol. The molecule has 0 aliphatic carbocycles. The molecular formula is C14H9NO3Se. The molecule has 0 fully saturated rings. The zero-order chi connectivity index (χ0) is 13.4. The molecule has 0 unspecified atom stereocenters. The zero-order valence-corrected chi connectivity index (χ0v) is 11.5. The van der Waals surface area contributed by atoms with E-state index in [1.54, 1.807) is 27.8 Å². The molecule has 5 heteroatoms. The summed E-state index contributed by atoms with van der Waals surface area (Å²) in [6.45, 7) is 0. The number of carboxylic acids is 1. The van der Waals surface area contributed by atoms with Crippen LogP contribution in [0.1, 0.15) is 10.4 Å². The Labute approximate surface area is 114 Å². The fraction of sp³-hybridized carbons (Fsp3) is 0. The number of nitrogens with zero attached hydrogens (tertiary/aromatic N) is 1. The Morgan fingerprint density at radius 2 is 1.74 bits per heavy atom. The third-order valence-corrected chi connectivity index (χ3v) is 5.15. The van der Waals surface area contributed by atoms with Gasteiger partial charge in [-0.2, -0.15) is 0 Å². The van der Waals surface area contributed by atoms with Gasteiger partial charge in [-0.1, -0.05) is 0 Å². The van der Waals surface area contributed by atoms with Gasteiger partial charge >= 0.3 is 114 Å². The van der Waals surface area contributed by atoms with Crippen LogP contribution >= 0.6 is 0 Å². The number of rotatable bonds is 2. The second-order valence-electron chi connectivity index (χ2n) is 4.01. The molecule has 0 atom stereocenters. The molecule has 19 heavy (non-hydrogen) atoms. The molecular weight excluding hydrogens is 309 g/mol. The van der Waals surface area contributed by atoms with Gasteiger partial charge in [0.25, 0.3) is 0 Å². The molecule has 2 aromatic carbocycles. The first-order valence-corrected chi connectivity index (χ1v) is 7.24. The average Bonchev–Trinajstić information content (AvgIpc) is 2.76. The van der Waals surface area contributed by atoms with Crippen LogP contribution in [-0.4, -0.2) is 29.4 Å². The topological polar surface area (TPSA) is 59.3 Å². The van der Waals surface area contributed by atoms with Crippen LogP contribution < -0.4 is 5.56 Å². The van der Waals surface area contributed by atoms with Crippen molar-refractivity contribution in [2.75, 3.05) is 0 Å². The van der Waals surface area contributed by atoms with Crippen LogP contribution in [0.3, 0.4) is 0 Å². The van der Waals surface area contributed by atoms with Gasteiger partial charge in [0.15, 0.2) is 0 Å². The van der Waals surface area contributed by atoms with E-state index >= 15 is 0 Å². The monoisotopic (exact) mass is 319 g/mol. The molecule has 1 N–H and O–H groups in total. The van der Waals surface area contributed by atoms with E-state index in [2.05, 4.69) is 0 Å². The first-order valence-electron chi connectivity index (χ1n) is 5.62. The van der Waals surface area contributed by atoms with Crippen molar-refractivity contribution in [3.63, 3.8) is 0 Å². The molecule has 0 amide bonds. The number of carboxylic acid groups (broad SMARTS) is 1. The van der Waals surface area contributed by atoms with Crippen LogP contribution in [0.2, 0.25) is 0 Å². The van der Waals surface area contributed by atoms with Gasteiger partial charge in [0.05, 0.1) is 0 Å². The van der Waals surface area contributed by atoms with Crippen molar-refractivity contribution in [2.24, 2.45) is 0 Å². The molecule has 0 bridgehead atoms. The van der Waals surface area contributed by atoms with Crippen LogP contribution in [0.25, 0.3) is 15.3 Å². The third-order valence-electron chi connectivity index (χ3n) is 2.84. The number of hydrogen-bond donors (Lipinski definition) is 1. The summed E-state index contributed by atoms with van der Waals surface area (Å²) in [6, 6.07) is 14.0. The Kier molecular flexibility index (Phi) is 2.85. The maximum absolute atomic E-state index is 12.3. The number of aromatic carboxylic acids is 1. The van der Waals surface area contributed by atoms with Gasteiger partial charge in [0, 0.05) is 0 Å². The summed E-state index contributed by atoms with van der Waals surface area (Å²) in [5, 5.41) is 9.87. The van der Waals surface area contributed by atoms with Crippen molar-refractivity contribution < 1.29 is 9.90 Å². The standard InChI is InChI=1S/C14H9NO3Se/c16-13-10-6-2-4-8-12(10)19-15(13)11-7-3-1-5-9(11)14(17)18/h1-8H,(H,17,18). The molecule has 1 aromatic heterocycles. The normalized spacial score (nSPS) is 10.7. The molecule has 0 aliphatic rings. The van der Waals surface area contributed by atoms with Crippen molar-refractivity contribution in [1.29, 1.82) is 0 Å². The second kappa shape index (κ2) is 4.53. The summed E-state index contributed by atoms with van der Waals surface area (Å²) >= 11 is -0.209. The van der Waals surface area contributed by atoms with E-state index in [0.29, 0.717) is 11.1 Å². The summed E-state index contributed by atoms with van der Waals surface area (Å²) in [5.41, 5.74) is 0.506. The summed E-state index contributed by atoms with van der Waals surface area (Å²) in [4.78, 5) is 23.5. The van der Waals surface area contributed by atoms with E-state index in [4.69, 9.17) is 0 Å². The van der Waals surface area contributed by atoms with Crippen molar-refractivity contribution in [2.45, 2.75) is 0 Å². The van der Waals surface area contributed by atoms with Crippen LogP contribution in [0.15, 0.2) is 53.3 Å². The maximum atomic E-state index is 12.3. The minimum absolute atomic E-state index is 0.121. The third kappa shape index (κ3) is 1.93. The molecule has 0 saturated heterocycles. The first-order chi connectivity index (χ1) is 9.18. The molecule has 0 saturated carbocycles. The summed E-state index contributed by atoms with van der Waals surface area (Å²) in [5.74, 6) is -1.02. The molecule has 0 spiro atoms. The molecule has 94 valence electrons. The first kappa shape index (κ1) is 12.0. The summed E-state index contributed by atoms with van der Waals surface area (Å²) in [6.07, 6.45) is 0. The molecule has 0 aliphatic heterocycles. The molecule has 4 nitrogen and oxygen atoms in total. The van der Waals surface area contributed by atoms with E-state index in [1.807, 2.05) is 18.2 Å². The van der Waals surface area contributed by atoms with E-state index in [9.17, 15) is 14.7 Å². The van der Waals surface area contributed by atoms with Gasteiger partial charge in [-0.3, -0.25) is 0 Å². The van der Waals surface area contributed by atoms with Crippen LogP contribution in [0, 0.1) is 0 Å². The van der Waals surface area contributed by atoms with Gasteiger partial charge in [0.1, 0.15) is 0 Å². The predicted octanol–water partition coefficient (Wildman–Crippen LogP) is 1.75. The minimum atomic E-state index is -1.02. The van der Waals surface area contributed by atoms with Gasteiger partial charge in [0.2, 0.25) is 0 Å². The quantitative estimate of drug-likeness (QED) is 0.732. The van der Waals surface area contributed by atoms with Crippen molar-refractivity contribution in [3.05, 3.63) is 64.4 Å². The van der Waals surface area contributed by atoms with E-state index < -0.39 is 5.97 Å². The van der Waals surface area contributed by atoms with E-state index in [-0.39, 0.29) is 25.9 Å². The molecule has 1 heterocycles. The second-order valence-corrected chi connectivity index (χ2v) is 6.08. The van der Waals surface area contributed by atoms with E-state index in [1.165, 1.54) is 6.07 Å². The number of benzene rings is 2. The van der Waals surface area contributed by atoms with Crippen LogP contribution in [0.4, 0.5) is 0 Å². The summed E-state index contributed by atoms with van der Waals surface area (Å²) < 4.78 is 2.56. The Bertz CT molecular complexity index is 832. The zero-order valence-electron chi connectivity index (χ0n) is 9.74. The van der Waals surface area contributed by atoms with Crippen molar-refractivity contribution in [1.82, 2.24) is 3.56 Å². The van der Waals surface area contributed by atoms with Gasteiger partial charge in [-0.15, -0.1) is 0 Å². The molecule has 0 radical (unpaired) electrons. The number of hydrogen-bond acceptors (Lipinski definition) is 2. The SMILES string of the molecule is O=C(O)c1ccccc1-n1[se]c2ccccc2c1=O. The van der Waals surface area contributed by atoms with Gasteiger partial charge < -0.3 is 0 Å². The summed E-state index contributed by atoms with van der Waals surface area (Å²) in [7, 11) is 0. The Morgan fingerprint density at radius 3 is 2.47 bits per heavy atom. The Balaban J connectivity index is 2.34. The number of aromatic nitrogens is 1. The van der Waals surface area contributed by atoms with Crippen molar-refractivity contribution in [3.8, 4) is 5.69 Å². The predicted molar refractivity (Wildman–Crippen MR) is 73.4 cm³/mol. The fourth-order valence-electron chi connectivity index (χ4n) is 1.96. The molecule has 3 aromatic rings. The number of carbonyl (C=O) groups is 1. The Hall–Kier alpha value is -2.10. The van der Waals surface area contributed by atoms with Gasteiger partial charge in [-0.25, -0.2) is 0 Å². The van der Waals surface area contributed by atoms with Gasteiger partial charge in [-0.05, 0) is 0 Å².